The van der Waals surface area contributed by atoms with E-state index in [-0.39, 0.29) is 34.5 Å². The molecule has 0 aromatic heterocycles. The molecule has 0 spiro atoms. The van der Waals surface area contributed by atoms with Gasteiger partial charge in [-0.2, -0.15) is 4.31 Å². The van der Waals surface area contributed by atoms with E-state index in [2.05, 4.69) is 19.0 Å². The summed E-state index contributed by atoms with van der Waals surface area (Å²) in [4.78, 5) is 5.66. The van der Waals surface area contributed by atoms with Crippen molar-refractivity contribution in [2.24, 2.45) is 11.1 Å². The second-order valence-electron chi connectivity index (χ2n) is 7.37. The largest absolute Gasteiger partial charge is 0.390 e. The Labute approximate surface area is 168 Å². The van der Waals surface area contributed by atoms with Gasteiger partial charge < -0.3 is 4.84 Å². The lowest BCUT2D eigenvalue weighted by molar-refractivity contribution is 0.0803. The van der Waals surface area contributed by atoms with Crippen LogP contribution in [-0.2, 0) is 14.9 Å². The molecule has 2 atom stereocenters. The van der Waals surface area contributed by atoms with Gasteiger partial charge in [-0.05, 0) is 35.7 Å². The second kappa shape index (κ2) is 7.13. The van der Waals surface area contributed by atoms with Crippen molar-refractivity contribution in [3.8, 4) is 0 Å². The zero-order valence-electron chi connectivity index (χ0n) is 15.5. The molecular weight excluding hydrogens is 403 g/mol. The monoisotopic (exact) mass is 422 g/mol. The van der Waals surface area contributed by atoms with E-state index in [1.165, 1.54) is 16.4 Å². The van der Waals surface area contributed by atoms with Gasteiger partial charge in [0.15, 0.2) is 6.10 Å². The van der Waals surface area contributed by atoms with Crippen LogP contribution >= 0.6 is 11.6 Å². The van der Waals surface area contributed by atoms with E-state index in [9.17, 15) is 12.8 Å². The van der Waals surface area contributed by atoms with E-state index in [0.29, 0.717) is 11.6 Å². The van der Waals surface area contributed by atoms with Gasteiger partial charge in [-0.3, -0.25) is 0 Å². The standard InChI is InChI=1S/C20H20ClFN2O3S/c1-12(2)13-6-8-14(9-7-13)28(25,26)24-10-15-18(11-24)27-23-20(15)19-16(21)4-3-5-17(19)22/h3-9,12,15,18H,10-11H2,1-2H3. The Morgan fingerprint density at radius 1 is 1.18 bits per heavy atom. The van der Waals surface area contributed by atoms with Crippen LogP contribution in [0.15, 0.2) is 52.5 Å². The zero-order valence-corrected chi connectivity index (χ0v) is 17.0. The molecule has 8 heteroatoms. The first-order valence-corrected chi connectivity index (χ1v) is 10.9. The molecule has 1 fully saturated rings. The Bertz CT molecular complexity index is 1020. The van der Waals surface area contributed by atoms with Gasteiger partial charge in [0.25, 0.3) is 0 Å². The van der Waals surface area contributed by atoms with Gasteiger partial charge in [0, 0.05) is 6.54 Å². The van der Waals surface area contributed by atoms with Gasteiger partial charge in [0.05, 0.1) is 33.7 Å². The lowest BCUT2D eigenvalue weighted by atomic mass is 9.94. The highest BCUT2D eigenvalue weighted by Gasteiger charge is 2.47. The predicted octanol–water partition coefficient (Wildman–Crippen LogP) is 4.03. The molecule has 0 radical (unpaired) electrons. The van der Waals surface area contributed by atoms with Gasteiger partial charge in [-0.25, -0.2) is 12.8 Å². The fourth-order valence-corrected chi connectivity index (χ4v) is 5.38. The normalized spacial score (nSPS) is 22.2. The molecule has 2 heterocycles. The van der Waals surface area contributed by atoms with E-state index in [1.54, 1.807) is 18.2 Å². The van der Waals surface area contributed by atoms with Crippen LogP contribution in [0, 0.1) is 11.7 Å². The average molecular weight is 423 g/mol. The minimum Gasteiger partial charge on any atom is -0.390 e. The first kappa shape index (κ1) is 19.4. The summed E-state index contributed by atoms with van der Waals surface area (Å²) >= 11 is 6.15. The van der Waals surface area contributed by atoms with Crippen molar-refractivity contribution in [2.45, 2.75) is 30.8 Å². The Morgan fingerprint density at radius 2 is 1.89 bits per heavy atom. The lowest BCUT2D eigenvalue weighted by Crippen LogP contribution is -2.30. The quantitative estimate of drug-likeness (QED) is 0.747. The highest BCUT2D eigenvalue weighted by atomic mass is 35.5. The Morgan fingerprint density at radius 3 is 2.54 bits per heavy atom. The summed E-state index contributed by atoms with van der Waals surface area (Å²) in [7, 11) is -3.68. The molecular formula is C20H20ClFN2O3S. The third kappa shape index (κ3) is 3.21. The molecule has 148 valence electrons. The number of benzene rings is 2. The minimum atomic E-state index is -3.68. The van der Waals surface area contributed by atoms with Gasteiger partial charge in [0.2, 0.25) is 10.0 Å². The highest BCUT2D eigenvalue weighted by molar-refractivity contribution is 7.89. The van der Waals surface area contributed by atoms with Crippen molar-refractivity contribution in [3.05, 3.63) is 64.4 Å². The van der Waals surface area contributed by atoms with E-state index in [1.807, 2.05) is 12.1 Å². The summed E-state index contributed by atoms with van der Waals surface area (Å²) in [5.41, 5.74) is 1.61. The summed E-state index contributed by atoms with van der Waals surface area (Å²) in [6.45, 7) is 4.44. The van der Waals surface area contributed by atoms with Crippen LogP contribution in [0.25, 0.3) is 0 Å². The van der Waals surface area contributed by atoms with Crippen LogP contribution < -0.4 is 0 Å². The van der Waals surface area contributed by atoms with Gasteiger partial charge in [-0.15, -0.1) is 0 Å². The molecule has 2 aliphatic heterocycles. The van der Waals surface area contributed by atoms with Crippen molar-refractivity contribution in [3.63, 3.8) is 0 Å². The predicted molar refractivity (Wildman–Crippen MR) is 106 cm³/mol. The number of fused-ring (bicyclic) bond motifs is 1. The maximum Gasteiger partial charge on any atom is 0.243 e. The molecule has 0 saturated carbocycles. The molecule has 4 rings (SSSR count). The van der Waals surface area contributed by atoms with Crippen molar-refractivity contribution < 1.29 is 17.6 Å². The SMILES string of the molecule is CC(C)c1ccc(S(=O)(=O)N2CC3ON=C(c4c(F)cccc4Cl)C3C2)cc1. The molecule has 2 aliphatic rings. The van der Waals surface area contributed by atoms with E-state index in [4.69, 9.17) is 16.4 Å². The molecule has 0 aliphatic carbocycles. The number of nitrogens with zero attached hydrogens (tertiary/aromatic N) is 2. The van der Waals surface area contributed by atoms with Crippen molar-refractivity contribution >= 4 is 27.3 Å². The second-order valence-corrected chi connectivity index (χ2v) is 9.71. The van der Waals surface area contributed by atoms with Crippen LogP contribution in [0.2, 0.25) is 5.02 Å². The van der Waals surface area contributed by atoms with Crippen LogP contribution in [0.3, 0.4) is 0 Å². The Hall–Kier alpha value is -1.96. The molecule has 2 unspecified atom stereocenters. The number of hydrogen-bond donors (Lipinski definition) is 0. The third-order valence-corrected chi connectivity index (χ3v) is 7.43. The van der Waals surface area contributed by atoms with Gasteiger partial charge >= 0.3 is 0 Å². The smallest absolute Gasteiger partial charge is 0.243 e. The van der Waals surface area contributed by atoms with Gasteiger partial charge in [-0.1, -0.05) is 48.8 Å². The fraction of sp³-hybridized carbons (Fsp3) is 0.350. The Balaban J connectivity index is 1.59. The van der Waals surface area contributed by atoms with Crippen LogP contribution in [0.4, 0.5) is 4.39 Å². The fourth-order valence-electron chi connectivity index (χ4n) is 3.64. The van der Waals surface area contributed by atoms with Gasteiger partial charge in [0.1, 0.15) is 5.82 Å². The topological polar surface area (TPSA) is 59.0 Å². The number of halogens is 2. The lowest BCUT2D eigenvalue weighted by Gasteiger charge is -2.17. The highest BCUT2D eigenvalue weighted by Crippen LogP contribution is 2.35. The molecule has 1 saturated heterocycles. The number of oxime groups is 1. The molecule has 28 heavy (non-hydrogen) atoms. The number of sulfonamides is 1. The van der Waals surface area contributed by atoms with Crippen LogP contribution in [0.1, 0.15) is 30.9 Å². The zero-order chi connectivity index (χ0) is 20.1. The van der Waals surface area contributed by atoms with Crippen molar-refractivity contribution in [1.29, 1.82) is 0 Å². The first-order chi connectivity index (χ1) is 13.3. The molecule has 2 aromatic rings. The number of rotatable bonds is 4. The summed E-state index contributed by atoms with van der Waals surface area (Å²) in [5.74, 6) is -0.541. The molecule has 0 N–H and O–H groups in total. The number of hydrogen-bond acceptors (Lipinski definition) is 4. The average Bonchev–Trinajstić information content (AvgIpc) is 3.24. The van der Waals surface area contributed by atoms with E-state index in [0.717, 1.165) is 5.56 Å². The summed E-state index contributed by atoms with van der Waals surface area (Å²) in [6, 6.07) is 11.3. The molecule has 2 aromatic carbocycles. The van der Waals surface area contributed by atoms with Crippen LogP contribution in [0.5, 0.6) is 0 Å². The van der Waals surface area contributed by atoms with E-state index < -0.39 is 21.9 Å². The first-order valence-electron chi connectivity index (χ1n) is 9.07. The maximum absolute atomic E-state index is 14.3. The summed E-state index contributed by atoms with van der Waals surface area (Å²) < 4.78 is 41.8. The van der Waals surface area contributed by atoms with E-state index >= 15 is 0 Å². The van der Waals surface area contributed by atoms with Crippen LogP contribution in [-0.4, -0.2) is 37.6 Å². The summed E-state index contributed by atoms with van der Waals surface area (Å²) in [6.07, 6.45) is -0.449. The molecule has 5 nitrogen and oxygen atoms in total. The summed E-state index contributed by atoms with van der Waals surface area (Å²) in [5, 5.41) is 4.23. The molecule has 0 bridgehead atoms. The van der Waals surface area contributed by atoms with Crippen molar-refractivity contribution in [2.75, 3.05) is 13.1 Å². The Kier molecular flexibility index (Phi) is 4.93. The minimum absolute atomic E-state index is 0.165. The maximum atomic E-state index is 14.3. The molecule has 0 amide bonds. The third-order valence-electron chi connectivity index (χ3n) is 5.27. The van der Waals surface area contributed by atoms with Crippen molar-refractivity contribution in [1.82, 2.24) is 4.31 Å².